The number of nitrogens with zero attached hydrogens (tertiary/aromatic N) is 2. The number of nitrogens with one attached hydrogen (secondary N) is 1. The maximum atomic E-state index is 12.3. The van der Waals surface area contributed by atoms with Gasteiger partial charge in [0, 0.05) is 12.1 Å². The molecular formula is C16H18ClN3O3. The number of fused-ring (bicyclic) bond motifs is 1. The first-order valence-corrected chi connectivity index (χ1v) is 7.65. The first kappa shape index (κ1) is 15.7. The van der Waals surface area contributed by atoms with Crippen molar-refractivity contribution in [3.05, 3.63) is 45.3 Å². The van der Waals surface area contributed by atoms with Gasteiger partial charge >= 0.3 is 0 Å². The number of hydrogen-bond acceptors (Lipinski definition) is 5. The fourth-order valence-electron chi connectivity index (χ4n) is 2.35. The van der Waals surface area contributed by atoms with Crippen LogP contribution in [0.5, 0.6) is 11.5 Å². The third-order valence-electron chi connectivity index (χ3n) is 3.50. The second-order valence-electron chi connectivity index (χ2n) is 6.26. The Labute approximate surface area is 139 Å². The molecule has 0 radical (unpaired) electrons. The van der Waals surface area contributed by atoms with Crippen LogP contribution in [0.1, 0.15) is 26.3 Å². The molecule has 1 N–H and O–H groups in total. The van der Waals surface area contributed by atoms with E-state index < -0.39 is 5.54 Å². The number of para-hydroxylation sites is 1. The summed E-state index contributed by atoms with van der Waals surface area (Å²) >= 11 is 6.20. The molecule has 2 heterocycles. The van der Waals surface area contributed by atoms with Crippen molar-refractivity contribution in [1.82, 2.24) is 9.78 Å². The molecule has 0 saturated carbocycles. The highest BCUT2D eigenvalue weighted by Gasteiger charge is 2.20. The fraction of sp³-hybridized carbons (Fsp3) is 0.375. The molecule has 23 heavy (non-hydrogen) atoms. The van der Waals surface area contributed by atoms with Gasteiger partial charge < -0.3 is 14.8 Å². The molecule has 2 aromatic rings. The van der Waals surface area contributed by atoms with Gasteiger partial charge in [0.25, 0.3) is 5.56 Å². The summed E-state index contributed by atoms with van der Waals surface area (Å²) in [5, 5.41) is 7.46. The zero-order chi connectivity index (χ0) is 16.6. The molecule has 7 heteroatoms. The van der Waals surface area contributed by atoms with Crippen molar-refractivity contribution in [2.45, 2.75) is 32.9 Å². The fourth-order valence-corrected chi connectivity index (χ4v) is 2.55. The van der Waals surface area contributed by atoms with Gasteiger partial charge in [-0.3, -0.25) is 4.79 Å². The first-order chi connectivity index (χ1) is 10.9. The molecule has 1 aromatic carbocycles. The molecule has 1 aliphatic heterocycles. The molecule has 122 valence electrons. The van der Waals surface area contributed by atoms with Gasteiger partial charge in [0.1, 0.15) is 5.02 Å². The number of ether oxygens (including phenoxy) is 2. The lowest BCUT2D eigenvalue weighted by molar-refractivity contribution is 0.173. The third kappa shape index (κ3) is 2.99. The lowest BCUT2D eigenvalue weighted by atomic mass is 10.1. The van der Waals surface area contributed by atoms with Gasteiger partial charge in [-0.1, -0.05) is 23.7 Å². The van der Waals surface area contributed by atoms with Crippen molar-refractivity contribution in [2.24, 2.45) is 0 Å². The van der Waals surface area contributed by atoms with Crippen LogP contribution < -0.4 is 20.3 Å². The zero-order valence-corrected chi connectivity index (χ0v) is 14.0. The van der Waals surface area contributed by atoms with Crippen molar-refractivity contribution in [3.63, 3.8) is 0 Å². The van der Waals surface area contributed by atoms with Crippen LogP contribution in [0, 0.1) is 0 Å². The van der Waals surface area contributed by atoms with E-state index in [9.17, 15) is 4.79 Å². The van der Waals surface area contributed by atoms with Crippen LogP contribution in [-0.4, -0.2) is 16.6 Å². The minimum absolute atomic E-state index is 0.125. The van der Waals surface area contributed by atoms with Crippen molar-refractivity contribution < 1.29 is 9.47 Å². The van der Waals surface area contributed by atoms with Crippen molar-refractivity contribution in [3.8, 4) is 11.5 Å². The average molecular weight is 336 g/mol. The number of benzene rings is 1. The lowest BCUT2D eigenvalue weighted by Gasteiger charge is -2.21. The highest BCUT2D eigenvalue weighted by atomic mass is 35.5. The summed E-state index contributed by atoms with van der Waals surface area (Å²) in [6.45, 7) is 6.36. The SMILES string of the molecule is CC(C)(C)n1ncc(NCc2cccc3c2OCO3)c(Cl)c1=O. The summed E-state index contributed by atoms with van der Waals surface area (Å²) < 4.78 is 12.2. The molecule has 0 spiro atoms. The Balaban J connectivity index is 1.84. The molecular weight excluding hydrogens is 318 g/mol. The summed E-state index contributed by atoms with van der Waals surface area (Å²) in [4.78, 5) is 12.3. The van der Waals surface area contributed by atoms with Crippen molar-refractivity contribution >= 4 is 17.3 Å². The standard InChI is InChI=1S/C16H18ClN3O3/c1-16(2,3)20-15(21)13(17)11(8-19-20)18-7-10-5-4-6-12-14(10)23-9-22-12/h4-6,8,18H,7,9H2,1-3H3. The second-order valence-corrected chi connectivity index (χ2v) is 6.64. The van der Waals surface area contributed by atoms with E-state index in [0.29, 0.717) is 18.0 Å². The summed E-state index contributed by atoms with van der Waals surface area (Å²) in [5.74, 6) is 1.43. The van der Waals surface area contributed by atoms with Crippen LogP contribution in [0.2, 0.25) is 5.02 Å². The van der Waals surface area contributed by atoms with E-state index in [-0.39, 0.29) is 17.4 Å². The summed E-state index contributed by atoms with van der Waals surface area (Å²) in [5.41, 5.74) is 0.678. The van der Waals surface area contributed by atoms with Crippen LogP contribution in [0.15, 0.2) is 29.2 Å². The summed E-state index contributed by atoms with van der Waals surface area (Å²) in [7, 11) is 0. The van der Waals surface area contributed by atoms with Crippen LogP contribution in [0.3, 0.4) is 0 Å². The lowest BCUT2D eigenvalue weighted by Crippen LogP contribution is -2.36. The van der Waals surface area contributed by atoms with E-state index in [1.54, 1.807) is 6.20 Å². The predicted octanol–water partition coefficient (Wildman–Crippen LogP) is 2.99. The highest BCUT2D eigenvalue weighted by Crippen LogP contribution is 2.35. The van der Waals surface area contributed by atoms with E-state index in [2.05, 4.69) is 10.4 Å². The number of halogens is 1. The minimum Gasteiger partial charge on any atom is -0.454 e. The molecule has 0 atom stereocenters. The Morgan fingerprint density at radius 3 is 2.87 bits per heavy atom. The van der Waals surface area contributed by atoms with E-state index in [1.807, 2.05) is 39.0 Å². The smallest absolute Gasteiger partial charge is 0.288 e. The Bertz CT molecular complexity index is 796. The molecule has 0 bridgehead atoms. The van der Waals surface area contributed by atoms with Gasteiger partial charge in [-0.05, 0) is 26.8 Å². The van der Waals surface area contributed by atoms with Crippen LogP contribution >= 0.6 is 11.6 Å². The number of anilines is 1. The van der Waals surface area contributed by atoms with Crippen molar-refractivity contribution in [1.29, 1.82) is 0 Å². The Morgan fingerprint density at radius 1 is 1.35 bits per heavy atom. The Hall–Kier alpha value is -2.21. The molecule has 0 saturated heterocycles. The van der Waals surface area contributed by atoms with Gasteiger partial charge in [-0.15, -0.1) is 0 Å². The molecule has 0 amide bonds. The largest absolute Gasteiger partial charge is 0.454 e. The molecule has 0 aliphatic carbocycles. The Kier molecular flexibility index (Phi) is 3.93. The molecule has 0 fully saturated rings. The monoisotopic (exact) mass is 335 g/mol. The van der Waals surface area contributed by atoms with Crippen LogP contribution in [-0.2, 0) is 12.1 Å². The quantitative estimate of drug-likeness (QED) is 0.934. The normalized spacial score (nSPS) is 13.2. The maximum absolute atomic E-state index is 12.3. The van der Waals surface area contributed by atoms with Crippen LogP contribution in [0.25, 0.3) is 0 Å². The van der Waals surface area contributed by atoms with E-state index in [0.717, 1.165) is 11.3 Å². The summed E-state index contributed by atoms with van der Waals surface area (Å²) in [6, 6.07) is 5.67. The van der Waals surface area contributed by atoms with E-state index in [4.69, 9.17) is 21.1 Å². The van der Waals surface area contributed by atoms with Crippen molar-refractivity contribution in [2.75, 3.05) is 12.1 Å². The van der Waals surface area contributed by atoms with E-state index in [1.165, 1.54) is 4.68 Å². The van der Waals surface area contributed by atoms with E-state index >= 15 is 0 Å². The second kappa shape index (κ2) is 5.77. The van der Waals surface area contributed by atoms with Gasteiger partial charge in [0.05, 0.1) is 17.4 Å². The minimum atomic E-state index is -0.426. The number of rotatable bonds is 3. The van der Waals surface area contributed by atoms with Gasteiger partial charge in [0.2, 0.25) is 6.79 Å². The van der Waals surface area contributed by atoms with Gasteiger partial charge in [-0.25, -0.2) is 4.68 Å². The number of hydrogen-bond donors (Lipinski definition) is 1. The van der Waals surface area contributed by atoms with Gasteiger partial charge in [0.15, 0.2) is 11.5 Å². The molecule has 1 aliphatic rings. The molecule has 0 unspecified atom stereocenters. The first-order valence-electron chi connectivity index (χ1n) is 7.27. The van der Waals surface area contributed by atoms with Crippen LogP contribution in [0.4, 0.5) is 5.69 Å². The van der Waals surface area contributed by atoms with Gasteiger partial charge in [-0.2, -0.15) is 5.10 Å². The molecule has 6 nitrogen and oxygen atoms in total. The topological polar surface area (TPSA) is 65.4 Å². The molecule has 1 aromatic heterocycles. The zero-order valence-electron chi connectivity index (χ0n) is 13.2. The predicted molar refractivity (Wildman–Crippen MR) is 88.4 cm³/mol. The number of aromatic nitrogens is 2. The highest BCUT2D eigenvalue weighted by molar-refractivity contribution is 6.32. The molecule has 3 rings (SSSR count). The third-order valence-corrected chi connectivity index (χ3v) is 3.87. The summed E-state index contributed by atoms with van der Waals surface area (Å²) in [6.07, 6.45) is 1.56. The Morgan fingerprint density at radius 2 is 2.13 bits per heavy atom. The maximum Gasteiger partial charge on any atom is 0.288 e. The average Bonchev–Trinajstić information content (AvgIpc) is 2.96.